The van der Waals surface area contributed by atoms with E-state index in [9.17, 15) is 31.6 Å². The summed E-state index contributed by atoms with van der Waals surface area (Å²) in [4.78, 5) is 0. The zero-order valence-electron chi connectivity index (χ0n) is 34.7. The Labute approximate surface area is 374 Å². The number of alkyl halides is 6. The molecule has 0 fully saturated rings. The molecule has 0 radical (unpaired) electrons. The summed E-state index contributed by atoms with van der Waals surface area (Å²) in [5.74, 6) is 0. The number of nitriles is 1. The van der Waals surface area contributed by atoms with Crippen molar-refractivity contribution in [1.29, 1.82) is 5.26 Å². The maximum absolute atomic E-state index is 14.3. The van der Waals surface area contributed by atoms with E-state index in [1.54, 1.807) is 30.3 Å². The highest BCUT2D eigenvalue weighted by Crippen LogP contribution is 2.45. The van der Waals surface area contributed by atoms with Crippen molar-refractivity contribution in [3.8, 4) is 62.0 Å². The van der Waals surface area contributed by atoms with Gasteiger partial charge < -0.3 is 9.13 Å². The van der Waals surface area contributed by atoms with E-state index in [1.165, 1.54) is 0 Å². The normalized spacial score (nSPS) is 12.1. The summed E-state index contributed by atoms with van der Waals surface area (Å²) in [6, 6.07) is 62.5. The van der Waals surface area contributed by atoms with Gasteiger partial charge >= 0.3 is 12.4 Å². The van der Waals surface area contributed by atoms with Gasteiger partial charge in [-0.05, 0) is 118 Å². The van der Waals surface area contributed by atoms with Gasteiger partial charge in [0.05, 0.1) is 56.2 Å². The second kappa shape index (κ2) is 15.4. The maximum atomic E-state index is 14.3. The van der Waals surface area contributed by atoms with Crippen LogP contribution in [0.5, 0.6) is 0 Å². The molecule has 11 rings (SSSR count). The molecule has 3 nitrogen and oxygen atoms in total. The van der Waals surface area contributed by atoms with Crippen LogP contribution in [0.1, 0.15) is 16.7 Å². The lowest BCUT2D eigenvalue weighted by atomic mass is 9.93. The van der Waals surface area contributed by atoms with Crippen LogP contribution in [-0.4, -0.2) is 9.13 Å². The van der Waals surface area contributed by atoms with Crippen molar-refractivity contribution in [3.05, 3.63) is 217 Å². The van der Waals surface area contributed by atoms with E-state index >= 15 is 0 Å². The number of fused-ring (bicyclic) bond motifs is 6. The first-order valence-electron chi connectivity index (χ1n) is 21.1. The number of hydrogen-bond acceptors (Lipinski definition) is 1. The van der Waals surface area contributed by atoms with Gasteiger partial charge in [0.2, 0.25) is 0 Å². The van der Waals surface area contributed by atoms with Crippen molar-refractivity contribution in [2.24, 2.45) is 0 Å². The molecule has 0 aliphatic heterocycles. The number of benzene rings is 9. The predicted octanol–water partition coefficient (Wildman–Crippen LogP) is 16.5. The Bertz CT molecular complexity index is 3710. The first kappa shape index (κ1) is 40.4. The van der Waals surface area contributed by atoms with Gasteiger partial charge in [0.1, 0.15) is 0 Å². The summed E-state index contributed by atoms with van der Waals surface area (Å²) < 4.78 is 90.3. The monoisotopic (exact) mass is 873 g/mol. The molecule has 66 heavy (non-hydrogen) atoms. The van der Waals surface area contributed by atoms with Crippen molar-refractivity contribution in [1.82, 2.24) is 9.13 Å². The Hall–Kier alpha value is -8.35. The molecule has 9 aromatic carbocycles. The van der Waals surface area contributed by atoms with E-state index in [-0.39, 0.29) is 17.2 Å². The topological polar surface area (TPSA) is 33.6 Å². The molecule has 9 heteroatoms. The molecule has 0 bridgehead atoms. The third-order valence-corrected chi connectivity index (χ3v) is 12.4. The zero-order valence-corrected chi connectivity index (χ0v) is 34.7. The molecule has 318 valence electrons. The Morgan fingerprint density at radius 3 is 1.23 bits per heavy atom. The van der Waals surface area contributed by atoms with E-state index in [4.69, 9.17) is 0 Å². The highest BCUT2D eigenvalue weighted by molar-refractivity contribution is 6.13. The first-order valence-corrected chi connectivity index (χ1v) is 21.1. The molecule has 0 saturated heterocycles. The molecule has 11 aromatic rings. The summed E-state index contributed by atoms with van der Waals surface area (Å²) in [6.45, 7) is 0. The molecule has 0 unspecified atom stereocenters. The van der Waals surface area contributed by atoms with Gasteiger partial charge in [-0.1, -0.05) is 115 Å². The van der Waals surface area contributed by atoms with Crippen molar-refractivity contribution in [2.75, 3.05) is 0 Å². The van der Waals surface area contributed by atoms with Crippen LogP contribution in [0.25, 0.3) is 99.5 Å². The molecule has 2 aromatic heterocycles. The van der Waals surface area contributed by atoms with E-state index in [0.29, 0.717) is 28.1 Å². The smallest absolute Gasteiger partial charge is 0.309 e. The fraction of sp³-hybridized carbons (Fsp3) is 0.0351. The Kier molecular flexibility index (Phi) is 9.45. The quantitative estimate of drug-likeness (QED) is 0.153. The number of hydrogen-bond donors (Lipinski definition) is 0. The molecule has 0 atom stereocenters. The Morgan fingerprint density at radius 1 is 0.333 bits per heavy atom. The number of rotatable bonds is 6. The lowest BCUT2D eigenvalue weighted by Crippen LogP contribution is -2.11. The zero-order chi connectivity index (χ0) is 45.3. The van der Waals surface area contributed by atoms with Crippen LogP contribution in [0.4, 0.5) is 26.3 Å². The summed E-state index contributed by atoms with van der Waals surface area (Å²) in [6.07, 6.45) is -10.1. The van der Waals surface area contributed by atoms with Crippen LogP contribution in [0.3, 0.4) is 0 Å². The molecular weight excluding hydrogens is 841 g/mol. The minimum Gasteiger partial charge on any atom is -0.309 e. The highest BCUT2D eigenvalue weighted by atomic mass is 19.4. The SMILES string of the molecule is N#Cc1ccc(-n2c3ccccc3c3cc(-c4ccccc4)ccc32)c(-c2cc(-c3cc(C(F)(F)F)cc(C(F)(F)F)c3)ccc2-n2c3ccccc3c3cc(-c4ccccc4)ccc32)c1. The Balaban J connectivity index is 1.23. The standard InChI is InChI=1S/C57H33F6N3/c58-56(59,60)42-28-41(29-43(33-42)57(61,62)63)40-22-26-55(66-51-18-10-8-16-45(51)48-31-39(21-25-54(48)66)37-13-5-2-6-14-37)49(32-40)46-27-35(34-64)19-23-52(46)65-50-17-9-7-15-44(50)47-30-38(20-24-53(47)65)36-11-3-1-4-12-36/h1-33H. The van der Waals surface area contributed by atoms with Crippen LogP contribution < -0.4 is 0 Å². The maximum Gasteiger partial charge on any atom is 0.416 e. The minimum atomic E-state index is -5.05. The fourth-order valence-electron chi connectivity index (χ4n) is 9.35. The fourth-order valence-corrected chi connectivity index (χ4v) is 9.35. The van der Waals surface area contributed by atoms with Gasteiger partial charge in [-0.15, -0.1) is 0 Å². The van der Waals surface area contributed by atoms with Crippen molar-refractivity contribution in [2.45, 2.75) is 12.4 Å². The number of aromatic nitrogens is 2. The average molecular weight is 874 g/mol. The van der Waals surface area contributed by atoms with Gasteiger partial charge in [-0.25, -0.2) is 0 Å². The molecule has 0 aliphatic carbocycles. The van der Waals surface area contributed by atoms with Crippen LogP contribution >= 0.6 is 0 Å². The van der Waals surface area contributed by atoms with Gasteiger partial charge in [-0.3, -0.25) is 0 Å². The molecule has 0 N–H and O–H groups in total. The van der Waals surface area contributed by atoms with E-state index in [1.807, 2.05) is 127 Å². The van der Waals surface area contributed by atoms with Crippen molar-refractivity contribution < 1.29 is 26.3 Å². The van der Waals surface area contributed by atoms with Gasteiger partial charge in [0.15, 0.2) is 0 Å². The van der Waals surface area contributed by atoms with Crippen molar-refractivity contribution in [3.63, 3.8) is 0 Å². The third-order valence-electron chi connectivity index (χ3n) is 12.4. The second-order valence-corrected chi connectivity index (χ2v) is 16.3. The van der Waals surface area contributed by atoms with Gasteiger partial charge in [-0.2, -0.15) is 31.6 Å². The molecular formula is C57H33F6N3. The predicted molar refractivity (Wildman–Crippen MR) is 252 cm³/mol. The second-order valence-electron chi connectivity index (χ2n) is 16.3. The lowest BCUT2D eigenvalue weighted by Gasteiger charge is -2.21. The molecule has 0 spiro atoms. The van der Waals surface area contributed by atoms with E-state index in [0.717, 1.165) is 78.0 Å². The van der Waals surface area contributed by atoms with E-state index in [2.05, 4.69) is 39.5 Å². The largest absolute Gasteiger partial charge is 0.416 e. The number of para-hydroxylation sites is 2. The highest BCUT2D eigenvalue weighted by Gasteiger charge is 2.37. The molecule has 0 aliphatic rings. The summed E-state index contributed by atoms with van der Waals surface area (Å²) in [7, 11) is 0. The molecule has 2 heterocycles. The van der Waals surface area contributed by atoms with Crippen LogP contribution in [0.2, 0.25) is 0 Å². The van der Waals surface area contributed by atoms with Crippen LogP contribution in [0.15, 0.2) is 200 Å². The third kappa shape index (κ3) is 6.86. The van der Waals surface area contributed by atoms with Crippen LogP contribution in [0, 0.1) is 11.3 Å². The number of halogens is 6. The Morgan fingerprint density at radius 2 is 0.742 bits per heavy atom. The average Bonchev–Trinajstić information content (AvgIpc) is 3.85. The van der Waals surface area contributed by atoms with Crippen LogP contribution in [-0.2, 0) is 12.4 Å². The first-order chi connectivity index (χ1) is 31.9. The minimum absolute atomic E-state index is 0.125. The molecule has 0 amide bonds. The van der Waals surface area contributed by atoms with E-state index < -0.39 is 23.5 Å². The summed E-state index contributed by atoms with van der Waals surface area (Å²) in [5.41, 5.74) is 7.07. The number of nitrogens with zero attached hydrogens (tertiary/aromatic N) is 3. The summed E-state index contributed by atoms with van der Waals surface area (Å²) >= 11 is 0. The summed E-state index contributed by atoms with van der Waals surface area (Å²) in [5, 5.41) is 14.3. The van der Waals surface area contributed by atoms with Crippen molar-refractivity contribution >= 4 is 43.6 Å². The lowest BCUT2D eigenvalue weighted by molar-refractivity contribution is -0.143. The molecule has 0 saturated carbocycles. The van der Waals surface area contributed by atoms with Gasteiger partial charge in [0, 0.05) is 32.7 Å². The van der Waals surface area contributed by atoms with Gasteiger partial charge in [0.25, 0.3) is 0 Å².